The molecule has 3 heteroatoms. The molecule has 2 nitrogen and oxygen atoms in total. The lowest BCUT2D eigenvalue weighted by Crippen LogP contribution is -2.33. The lowest BCUT2D eigenvalue weighted by Gasteiger charge is -2.25. The van der Waals surface area contributed by atoms with Crippen LogP contribution in [0.1, 0.15) is 25.7 Å². The van der Waals surface area contributed by atoms with Crippen molar-refractivity contribution in [1.82, 2.24) is 0 Å². The van der Waals surface area contributed by atoms with Crippen LogP contribution >= 0.6 is 0 Å². The van der Waals surface area contributed by atoms with Crippen LogP contribution in [0.2, 0.25) is 13.1 Å². The van der Waals surface area contributed by atoms with Crippen molar-refractivity contribution in [1.29, 1.82) is 0 Å². The van der Waals surface area contributed by atoms with E-state index in [4.69, 9.17) is 8.85 Å². The lowest BCUT2D eigenvalue weighted by atomic mass is 10.1. The van der Waals surface area contributed by atoms with Crippen molar-refractivity contribution in [2.45, 2.75) is 38.8 Å². The molecule has 0 saturated carbocycles. The van der Waals surface area contributed by atoms with E-state index in [1.165, 1.54) is 19.3 Å². The smallest absolute Gasteiger partial charge is 0.391 e. The van der Waals surface area contributed by atoms with Gasteiger partial charge >= 0.3 is 8.56 Å². The highest BCUT2D eigenvalue weighted by Crippen LogP contribution is 2.22. The average molecular weight is 186 g/mol. The second-order valence-corrected chi connectivity index (χ2v) is 7.03. The molecule has 0 bridgehead atoms. The van der Waals surface area contributed by atoms with Gasteiger partial charge in [-0.05, 0) is 38.4 Å². The fraction of sp³-hybridized carbons (Fsp3) is 0.778. The van der Waals surface area contributed by atoms with Gasteiger partial charge in [-0.15, -0.1) is 0 Å². The Labute approximate surface area is 75.8 Å². The van der Waals surface area contributed by atoms with Gasteiger partial charge in [0.05, 0.1) is 5.76 Å². The van der Waals surface area contributed by atoms with E-state index in [2.05, 4.69) is 19.2 Å². The molecule has 70 valence electrons. The Morgan fingerprint density at radius 3 is 2.58 bits per heavy atom. The van der Waals surface area contributed by atoms with Gasteiger partial charge in [-0.2, -0.15) is 0 Å². The van der Waals surface area contributed by atoms with Gasteiger partial charge in [-0.25, -0.2) is 0 Å². The lowest BCUT2D eigenvalue weighted by molar-refractivity contribution is 0.253. The van der Waals surface area contributed by atoms with Gasteiger partial charge < -0.3 is 8.85 Å². The maximum Gasteiger partial charge on any atom is 0.391 e. The van der Waals surface area contributed by atoms with E-state index >= 15 is 0 Å². The summed E-state index contributed by atoms with van der Waals surface area (Å²) in [6.45, 7) is 4.14. The fourth-order valence-corrected chi connectivity index (χ4v) is 2.16. The molecule has 1 aliphatic carbocycles. The molecule has 0 aromatic carbocycles. The predicted molar refractivity (Wildman–Crippen MR) is 52.1 cm³/mol. The van der Waals surface area contributed by atoms with Crippen LogP contribution in [0.5, 0.6) is 0 Å². The highest BCUT2D eigenvalue weighted by molar-refractivity contribution is 6.64. The quantitative estimate of drug-likeness (QED) is 0.631. The van der Waals surface area contributed by atoms with E-state index in [-0.39, 0.29) is 0 Å². The molecule has 0 aromatic heterocycles. The first kappa shape index (κ1) is 9.80. The first-order valence-electron chi connectivity index (χ1n) is 4.57. The van der Waals surface area contributed by atoms with Crippen molar-refractivity contribution in [3.8, 4) is 0 Å². The second kappa shape index (κ2) is 4.10. The van der Waals surface area contributed by atoms with Crippen LogP contribution in [0.25, 0.3) is 0 Å². The molecule has 0 aliphatic heterocycles. The van der Waals surface area contributed by atoms with Crippen LogP contribution in [0.4, 0.5) is 0 Å². The van der Waals surface area contributed by atoms with Gasteiger partial charge in [0, 0.05) is 13.5 Å². The standard InChI is InChI=1S/C9H18O2Si/c1-10-12(2,3)11-9-7-5-4-6-8-9/h7H,4-6,8H2,1-3H3. The number of hydrogen-bond donors (Lipinski definition) is 0. The van der Waals surface area contributed by atoms with Gasteiger partial charge in [-0.3, -0.25) is 0 Å². The van der Waals surface area contributed by atoms with E-state index in [1.807, 2.05) is 0 Å². The summed E-state index contributed by atoms with van der Waals surface area (Å²) in [6, 6.07) is 0. The molecular weight excluding hydrogens is 168 g/mol. The number of hydrogen-bond acceptors (Lipinski definition) is 2. The zero-order valence-electron chi connectivity index (χ0n) is 8.22. The third-order valence-electron chi connectivity index (χ3n) is 2.12. The summed E-state index contributed by atoms with van der Waals surface area (Å²) < 4.78 is 11.1. The van der Waals surface area contributed by atoms with Gasteiger partial charge in [0.1, 0.15) is 0 Å². The average Bonchev–Trinajstić information content (AvgIpc) is 2.06. The van der Waals surface area contributed by atoms with Crippen molar-refractivity contribution in [2.75, 3.05) is 7.11 Å². The highest BCUT2D eigenvalue weighted by atomic mass is 28.4. The number of rotatable bonds is 3. The maximum atomic E-state index is 5.81. The molecule has 0 aromatic rings. The molecule has 0 N–H and O–H groups in total. The minimum atomic E-state index is -1.83. The third kappa shape index (κ3) is 2.99. The van der Waals surface area contributed by atoms with Gasteiger partial charge in [0.25, 0.3) is 0 Å². The van der Waals surface area contributed by atoms with Gasteiger partial charge in [0.15, 0.2) is 0 Å². The summed E-state index contributed by atoms with van der Waals surface area (Å²) >= 11 is 0. The number of allylic oxidation sites excluding steroid dienone is 2. The molecule has 0 heterocycles. The van der Waals surface area contributed by atoms with Crippen LogP contribution in [0.3, 0.4) is 0 Å². The zero-order chi connectivity index (χ0) is 9.03. The van der Waals surface area contributed by atoms with Crippen LogP contribution in [0.15, 0.2) is 11.8 Å². The molecule has 0 fully saturated rings. The van der Waals surface area contributed by atoms with Crippen molar-refractivity contribution in [3.63, 3.8) is 0 Å². The summed E-state index contributed by atoms with van der Waals surface area (Å²) in [4.78, 5) is 0. The molecule has 12 heavy (non-hydrogen) atoms. The van der Waals surface area contributed by atoms with Crippen LogP contribution in [-0.4, -0.2) is 15.7 Å². The van der Waals surface area contributed by atoms with Crippen LogP contribution < -0.4 is 0 Å². The third-order valence-corrected chi connectivity index (χ3v) is 3.85. The Balaban J connectivity index is 2.44. The summed E-state index contributed by atoms with van der Waals surface area (Å²) in [5, 5.41) is 0. The van der Waals surface area contributed by atoms with E-state index in [1.54, 1.807) is 7.11 Å². The largest absolute Gasteiger partial charge is 0.524 e. The first-order valence-corrected chi connectivity index (χ1v) is 7.39. The monoisotopic (exact) mass is 186 g/mol. The molecule has 1 rings (SSSR count). The first-order chi connectivity index (χ1) is 5.64. The normalized spacial score (nSPS) is 18.8. The van der Waals surface area contributed by atoms with E-state index in [0.29, 0.717) is 0 Å². The predicted octanol–water partition coefficient (Wildman–Crippen LogP) is 2.81. The SMILES string of the molecule is CO[Si](C)(C)OC1=CCCCC1. The minimum Gasteiger partial charge on any atom is -0.524 e. The zero-order valence-corrected chi connectivity index (χ0v) is 9.22. The van der Waals surface area contributed by atoms with Gasteiger partial charge in [-0.1, -0.05) is 0 Å². The van der Waals surface area contributed by atoms with Crippen molar-refractivity contribution in [3.05, 3.63) is 11.8 Å². The topological polar surface area (TPSA) is 18.5 Å². The van der Waals surface area contributed by atoms with E-state index in [9.17, 15) is 0 Å². The van der Waals surface area contributed by atoms with Crippen molar-refractivity contribution in [2.24, 2.45) is 0 Å². The van der Waals surface area contributed by atoms with Crippen molar-refractivity contribution < 1.29 is 8.85 Å². The summed E-state index contributed by atoms with van der Waals surface area (Å²) in [7, 11) is -0.101. The Kier molecular flexibility index (Phi) is 3.35. The summed E-state index contributed by atoms with van der Waals surface area (Å²) in [5.74, 6) is 1.15. The fourth-order valence-electron chi connectivity index (χ4n) is 1.26. The minimum absolute atomic E-state index is 1.10. The molecule has 1 aliphatic rings. The van der Waals surface area contributed by atoms with E-state index in [0.717, 1.165) is 12.2 Å². The Bertz CT molecular complexity index is 175. The van der Waals surface area contributed by atoms with Crippen LogP contribution in [0, 0.1) is 0 Å². The Hall–Kier alpha value is -0.283. The molecule has 0 radical (unpaired) electrons. The van der Waals surface area contributed by atoms with E-state index < -0.39 is 8.56 Å². The Morgan fingerprint density at radius 2 is 2.08 bits per heavy atom. The highest BCUT2D eigenvalue weighted by Gasteiger charge is 2.25. The second-order valence-electron chi connectivity index (χ2n) is 3.62. The molecule has 0 amide bonds. The molecule has 0 unspecified atom stereocenters. The van der Waals surface area contributed by atoms with Crippen LogP contribution in [-0.2, 0) is 8.85 Å². The molecule has 0 saturated heterocycles. The van der Waals surface area contributed by atoms with Gasteiger partial charge in [0.2, 0.25) is 0 Å². The Morgan fingerprint density at radius 1 is 1.33 bits per heavy atom. The van der Waals surface area contributed by atoms with Crippen molar-refractivity contribution >= 4 is 8.56 Å². The molecule has 0 atom stereocenters. The summed E-state index contributed by atoms with van der Waals surface area (Å²) in [5.41, 5.74) is 0. The maximum absolute atomic E-state index is 5.81. The summed E-state index contributed by atoms with van der Waals surface area (Å²) in [6.07, 6.45) is 7.04. The molecule has 0 spiro atoms. The molecular formula is C9H18O2Si.